The van der Waals surface area contributed by atoms with E-state index in [1.165, 1.54) is 11.1 Å². The Labute approximate surface area is 138 Å². The van der Waals surface area contributed by atoms with E-state index in [2.05, 4.69) is 4.40 Å². The summed E-state index contributed by atoms with van der Waals surface area (Å²) in [6.07, 6.45) is 1.21. The molecular formula is C15H19ClN2O3S. The summed E-state index contributed by atoms with van der Waals surface area (Å²) in [6, 6.07) is 3.59. The van der Waals surface area contributed by atoms with Gasteiger partial charge in [-0.15, -0.1) is 0 Å². The minimum atomic E-state index is -1.37. The molecule has 1 aliphatic heterocycles. The Morgan fingerprint density at radius 3 is 2.77 bits per heavy atom. The molecule has 0 aromatic heterocycles. The molecule has 1 atom stereocenters. The van der Waals surface area contributed by atoms with Gasteiger partial charge in [0.15, 0.2) is 0 Å². The van der Waals surface area contributed by atoms with Crippen molar-refractivity contribution < 1.29 is 14.5 Å². The van der Waals surface area contributed by atoms with Gasteiger partial charge < -0.3 is 14.6 Å². The first-order valence-electron chi connectivity index (χ1n) is 6.93. The van der Waals surface area contributed by atoms with Gasteiger partial charge in [0.1, 0.15) is 16.1 Å². The first-order chi connectivity index (χ1) is 10.2. The fraction of sp³-hybridized carbons (Fsp3) is 0.467. The van der Waals surface area contributed by atoms with E-state index in [0.29, 0.717) is 24.5 Å². The number of carboxylic acid groups (broad SMARTS) is 1. The highest BCUT2D eigenvalue weighted by Crippen LogP contribution is 2.26. The molecular weight excluding hydrogens is 324 g/mol. The lowest BCUT2D eigenvalue weighted by atomic mass is 9.95. The van der Waals surface area contributed by atoms with Crippen molar-refractivity contribution in [3.8, 4) is 0 Å². The van der Waals surface area contributed by atoms with Gasteiger partial charge in [0.25, 0.3) is 0 Å². The third-order valence-electron chi connectivity index (χ3n) is 3.42. The standard InChI is InChI=1S/C15H19ClN2O3S/c1-15(2,3)22(21)17-8-11-7-12(16)6-10-4-5-18(14(19)20)9-13(10)11/h6-8H,4-5,9H2,1-3H3,(H,19,20). The number of halogens is 1. The molecule has 120 valence electrons. The van der Waals surface area contributed by atoms with Crippen molar-refractivity contribution in [1.29, 1.82) is 0 Å². The number of amides is 1. The molecule has 0 fully saturated rings. The molecule has 22 heavy (non-hydrogen) atoms. The second kappa shape index (κ2) is 6.48. The summed E-state index contributed by atoms with van der Waals surface area (Å²) in [7, 11) is 0. The number of fused-ring (bicyclic) bond motifs is 1. The van der Waals surface area contributed by atoms with Crippen molar-refractivity contribution in [2.45, 2.75) is 38.5 Å². The average molecular weight is 343 g/mol. The van der Waals surface area contributed by atoms with E-state index >= 15 is 0 Å². The Morgan fingerprint density at radius 1 is 1.50 bits per heavy atom. The van der Waals surface area contributed by atoms with Crippen molar-refractivity contribution in [2.24, 2.45) is 4.40 Å². The number of rotatable bonds is 2. The zero-order valence-electron chi connectivity index (χ0n) is 12.8. The highest BCUT2D eigenvalue weighted by molar-refractivity contribution is 7.91. The van der Waals surface area contributed by atoms with Crippen LogP contribution in [-0.4, -0.2) is 38.2 Å². The molecule has 0 radical (unpaired) electrons. The number of nitrogens with zero attached hydrogens (tertiary/aromatic N) is 2. The van der Waals surface area contributed by atoms with E-state index in [1.54, 1.807) is 6.07 Å². The molecule has 1 N–H and O–H groups in total. The lowest BCUT2D eigenvalue weighted by Gasteiger charge is -2.27. The van der Waals surface area contributed by atoms with Gasteiger partial charge in [-0.05, 0) is 50.5 Å². The maximum absolute atomic E-state index is 12.0. The number of benzene rings is 1. The van der Waals surface area contributed by atoms with E-state index in [4.69, 9.17) is 16.7 Å². The molecule has 1 aromatic carbocycles. The highest BCUT2D eigenvalue weighted by atomic mass is 35.5. The minimum absolute atomic E-state index is 0.297. The largest absolute Gasteiger partial charge is 0.591 e. The van der Waals surface area contributed by atoms with Crippen LogP contribution in [0.25, 0.3) is 0 Å². The number of hydrogen-bond donors (Lipinski definition) is 1. The summed E-state index contributed by atoms with van der Waals surface area (Å²) in [5, 5.41) is 9.73. The van der Waals surface area contributed by atoms with Crippen LogP contribution in [0.2, 0.25) is 5.02 Å². The normalized spacial score (nSPS) is 16.7. The second-order valence-corrected chi connectivity index (χ2v) is 8.55. The summed E-state index contributed by atoms with van der Waals surface area (Å²) in [5.41, 5.74) is 2.63. The predicted octanol–water partition coefficient (Wildman–Crippen LogP) is 3.26. The fourth-order valence-electron chi connectivity index (χ4n) is 2.20. The SMILES string of the molecule is CC(C)(C)[S+]([O-])N=Cc1cc(Cl)cc2c1CN(C(=O)O)CC2. The second-order valence-electron chi connectivity index (χ2n) is 6.18. The Morgan fingerprint density at radius 2 is 2.18 bits per heavy atom. The summed E-state index contributed by atoms with van der Waals surface area (Å²) in [6.45, 7) is 6.29. The molecule has 2 rings (SSSR count). The van der Waals surface area contributed by atoms with E-state index in [9.17, 15) is 9.35 Å². The van der Waals surface area contributed by atoms with Gasteiger partial charge in [-0.1, -0.05) is 16.0 Å². The van der Waals surface area contributed by atoms with Crippen LogP contribution in [0.4, 0.5) is 4.79 Å². The van der Waals surface area contributed by atoms with Gasteiger partial charge in [-0.3, -0.25) is 0 Å². The smallest absolute Gasteiger partial charge is 0.407 e. The molecule has 1 amide bonds. The van der Waals surface area contributed by atoms with Gasteiger partial charge in [0, 0.05) is 23.7 Å². The van der Waals surface area contributed by atoms with Crippen LogP contribution in [0.15, 0.2) is 16.5 Å². The first kappa shape index (κ1) is 17.1. The fourth-order valence-corrected chi connectivity index (χ4v) is 2.97. The summed E-state index contributed by atoms with van der Waals surface area (Å²) in [5.74, 6) is 0. The van der Waals surface area contributed by atoms with Crippen LogP contribution in [0.1, 0.15) is 37.5 Å². The Balaban J connectivity index is 2.34. The van der Waals surface area contributed by atoms with Gasteiger partial charge >= 0.3 is 6.09 Å². The molecule has 1 aliphatic rings. The quantitative estimate of drug-likeness (QED) is 0.662. The average Bonchev–Trinajstić information content (AvgIpc) is 2.42. The monoisotopic (exact) mass is 342 g/mol. The van der Waals surface area contributed by atoms with Crippen LogP contribution in [0.5, 0.6) is 0 Å². The van der Waals surface area contributed by atoms with Crippen LogP contribution < -0.4 is 0 Å². The summed E-state index contributed by atoms with van der Waals surface area (Å²) >= 11 is 4.75. The topological polar surface area (TPSA) is 76.0 Å². The zero-order valence-corrected chi connectivity index (χ0v) is 14.4. The van der Waals surface area contributed by atoms with Crippen LogP contribution in [0.3, 0.4) is 0 Å². The minimum Gasteiger partial charge on any atom is -0.591 e. The van der Waals surface area contributed by atoms with E-state index in [0.717, 1.165) is 16.7 Å². The summed E-state index contributed by atoms with van der Waals surface area (Å²) in [4.78, 5) is 12.5. The van der Waals surface area contributed by atoms with Gasteiger partial charge in [0.2, 0.25) is 0 Å². The number of carbonyl (C=O) groups is 1. The van der Waals surface area contributed by atoms with Gasteiger partial charge in [0.05, 0.1) is 6.21 Å². The maximum atomic E-state index is 12.0. The molecule has 0 bridgehead atoms. The van der Waals surface area contributed by atoms with Crippen LogP contribution in [-0.2, 0) is 24.3 Å². The lowest BCUT2D eigenvalue weighted by Crippen LogP contribution is -2.35. The predicted molar refractivity (Wildman–Crippen MR) is 89.1 cm³/mol. The molecule has 0 spiro atoms. The van der Waals surface area contributed by atoms with E-state index in [-0.39, 0.29) is 0 Å². The van der Waals surface area contributed by atoms with Crippen molar-refractivity contribution in [3.63, 3.8) is 0 Å². The van der Waals surface area contributed by atoms with Crippen LogP contribution in [0, 0.1) is 0 Å². The molecule has 5 nitrogen and oxygen atoms in total. The van der Waals surface area contributed by atoms with E-state index < -0.39 is 22.2 Å². The molecule has 0 aliphatic carbocycles. The highest BCUT2D eigenvalue weighted by Gasteiger charge is 2.27. The summed E-state index contributed by atoms with van der Waals surface area (Å²) < 4.78 is 15.7. The Hall–Kier alpha value is -1.24. The third kappa shape index (κ3) is 3.94. The Bertz CT molecular complexity index is 614. The first-order valence-corrected chi connectivity index (χ1v) is 8.42. The number of hydrogen-bond acceptors (Lipinski definition) is 3. The molecule has 1 aromatic rings. The Kier molecular flexibility index (Phi) is 5.04. The van der Waals surface area contributed by atoms with Crippen molar-refractivity contribution in [2.75, 3.05) is 6.54 Å². The molecule has 7 heteroatoms. The van der Waals surface area contributed by atoms with Crippen molar-refractivity contribution >= 4 is 35.3 Å². The van der Waals surface area contributed by atoms with Gasteiger partial charge in [-0.25, -0.2) is 4.79 Å². The van der Waals surface area contributed by atoms with Crippen LogP contribution >= 0.6 is 11.6 Å². The third-order valence-corrected chi connectivity index (χ3v) is 4.99. The van der Waals surface area contributed by atoms with Gasteiger partial charge in [-0.2, -0.15) is 0 Å². The van der Waals surface area contributed by atoms with Crippen molar-refractivity contribution in [1.82, 2.24) is 4.90 Å². The lowest BCUT2D eigenvalue weighted by molar-refractivity contribution is 0.140. The van der Waals surface area contributed by atoms with E-state index in [1.807, 2.05) is 26.8 Å². The molecule has 0 saturated heterocycles. The zero-order chi connectivity index (χ0) is 16.5. The molecule has 1 heterocycles. The van der Waals surface area contributed by atoms with Crippen molar-refractivity contribution in [3.05, 3.63) is 33.8 Å². The molecule has 0 saturated carbocycles. The molecule has 1 unspecified atom stereocenters. The maximum Gasteiger partial charge on any atom is 0.407 e.